The van der Waals surface area contributed by atoms with E-state index in [9.17, 15) is 4.55 Å². The Labute approximate surface area is 75.5 Å². The lowest BCUT2D eigenvalue weighted by Crippen LogP contribution is -2.22. The molecule has 0 aliphatic heterocycles. The number of nitrogens with two attached hydrogens (primary N) is 1. The molecule has 0 radical (unpaired) electrons. The molecular weight excluding hydrogens is 172 g/mol. The van der Waals surface area contributed by atoms with Crippen molar-refractivity contribution in [3.63, 3.8) is 0 Å². The Balaban J connectivity index is 2.82. The lowest BCUT2D eigenvalue weighted by atomic mass is 10.3. The number of anilines is 1. The van der Waals surface area contributed by atoms with Gasteiger partial charge in [0.25, 0.3) is 0 Å². The number of nitrogens with zero attached hydrogens (tertiary/aromatic N) is 1. The van der Waals surface area contributed by atoms with Crippen LogP contribution in [0.4, 0.5) is 5.69 Å². The van der Waals surface area contributed by atoms with Gasteiger partial charge in [-0.2, -0.15) is 0 Å². The first-order valence-electron chi connectivity index (χ1n) is 3.56. The zero-order valence-corrected chi connectivity index (χ0v) is 7.97. The van der Waals surface area contributed by atoms with Gasteiger partial charge in [0.05, 0.1) is 11.4 Å². The van der Waals surface area contributed by atoms with Crippen LogP contribution in [0.25, 0.3) is 0 Å². The lowest BCUT2D eigenvalue weighted by molar-refractivity contribution is 0.520. The summed E-state index contributed by atoms with van der Waals surface area (Å²) >= 11 is -1.07. The second-order valence-corrected chi connectivity index (χ2v) is 4.33. The van der Waals surface area contributed by atoms with Gasteiger partial charge in [0.2, 0.25) is 0 Å². The van der Waals surface area contributed by atoms with E-state index in [-0.39, 0.29) is 0 Å². The third-order valence-electron chi connectivity index (χ3n) is 1.41. The molecule has 1 aromatic carbocycles. The summed E-state index contributed by atoms with van der Waals surface area (Å²) in [6, 6.07) is 7.03. The molecule has 1 rings (SSSR count). The zero-order chi connectivity index (χ0) is 9.14. The Kier molecular flexibility index (Phi) is 2.97. The molecule has 0 fully saturated rings. The number of nitrogen functional groups attached to an aromatic ring is 1. The summed E-state index contributed by atoms with van der Waals surface area (Å²) in [5, 5.41) is 0. The summed E-state index contributed by atoms with van der Waals surface area (Å²) in [6.45, 7) is 0. The summed E-state index contributed by atoms with van der Waals surface area (Å²) < 4.78 is 13.1. The summed E-state index contributed by atoms with van der Waals surface area (Å²) in [5.74, 6) is 0. The lowest BCUT2D eigenvalue weighted by Gasteiger charge is -2.14. The quantitative estimate of drug-likeness (QED) is 0.547. The Bertz CT molecular complexity index is 248. The molecule has 12 heavy (non-hydrogen) atoms. The maximum Gasteiger partial charge on any atom is 0.174 e. The van der Waals surface area contributed by atoms with Crippen LogP contribution in [-0.2, 0) is 11.4 Å². The second-order valence-electron chi connectivity index (χ2n) is 2.63. The van der Waals surface area contributed by atoms with Crippen molar-refractivity contribution < 1.29 is 4.55 Å². The Hall–Kier alpha value is -0.710. The largest absolute Gasteiger partial charge is 0.593 e. The predicted molar refractivity (Wildman–Crippen MR) is 50.9 cm³/mol. The summed E-state index contributed by atoms with van der Waals surface area (Å²) in [5.41, 5.74) is 6.18. The van der Waals surface area contributed by atoms with Crippen LogP contribution >= 0.6 is 0 Å². The third kappa shape index (κ3) is 2.14. The van der Waals surface area contributed by atoms with Gasteiger partial charge in [0, 0.05) is 19.8 Å². The zero-order valence-electron chi connectivity index (χ0n) is 7.15. The molecule has 66 valence electrons. The van der Waals surface area contributed by atoms with Crippen molar-refractivity contribution in [1.82, 2.24) is 4.31 Å². The highest BCUT2D eigenvalue weighted by Crippen LogP contribution is 2.14. The maximum atomic E-state index is 11.5. The highest BCUT2D eigenvalue weighted by atomic mass is 32.2. The van der Waals surface area contributed by atoms with E-state index in [0.717, 1.165) is 4.90 Å². The minimum absolute atomic E-state index is 0.689. The molecule has 0 amide bonds. The van der Waals surface area contributed by atoms with Gasteiger partial charge in [-0.05, 0) is 24.3 Å². The van der Waals surface area contributed by atoms with Crippen LogP contribution in [0, 0.1) is 0 Å². The minimum Gasteiger partial charge on any atom is -0.593 e. The smallest absolute Gasteiger partial charge is 0.174 e. The van der Waals surface area contributed by atoms with Crippen LogP contribution in [0.15, 0.2) is 29.2 Å². The fourth-order valence-electron chi connectivity index (χ4n) is 0.795. The minimum atomic E-state index is -1.07. The highest BCUT2D eigenvalue weighted by Gasteiger charge is 2.12. The predicted octanol–water partition coefficient (Wildman–Crippen LogP) is 0.853. The molecule has 0 aromatic heterocycles. The van der Waals surface area contributed by atoms with E-state index in [4.69, 9.17) is 5.73 Å². The fraction of sp³-hybridized carbons (Fsp3) is 0.250. The molecule has 0 aliphatic rings. The summed E-state index contributed by atoms with van der Waals surface area (Å²) in [6.07, 6.45) is 0. The van der Waals surface area contributed by atoms with E-state index in [1.807, 2.05) is 0 Å². The molecule has 0 aliphatic carbocycles. The van der Waals surface area contributed by atoms with Gasteiger partial charge < -0.3 is 10.3 Å². The first-order valence-corrected chi connectivity index (χ1v) is 4.66. The molecule has 0 spiro atoms. The average Bonchev–Trinajstić information content (AvgIpc) is 2.04. The standard InChI is InChI=1S/C8H12N2OS/c1-10(2)12(11)8-5-3-7(9)4-6-8/h3-6H,9H2,1-2H3. The van der Waals surface area contributed by atoms with Gasteiger partial charge >= 0.3 is 0 Å². The van der Waals surface area contributed by atoms with Crippen LogP contribution < -0.4 is 5.73 Å². The SMILES string of the molecule is CN(C)[S+]([O-])c1ccc(N)cc1. The van der Waals surface area contributed by atoms with Crippen molar-refractivity contribution in [2.75, 3.05) is 19.8 Å². The van der Waals surface area contributed by atoms with Gasteiger partial charge in [-0.15, -0.1) is 4.31 Å². The third-order valence-corrected chi connectivity index (χ3v) is 2.75. The Morgan fingerprint density at radius 3 is 2.17 bits per heavy atom. The topological polar surface area (TPSA) is 52.3 Å². The molecule has 0 saturated carbocycles. The Morgan fingerprint density at radius 1 is 1.25 bits per heavy atom. The Morgan fingerprint density at radius 2 is 1.75 bits per heavy atom. The van der Waals surface area contributed by atoms with Crippen molar-refractivity contribution in [3.8, 4) is 0 Å². The summed E-state index contributed by atoms with van der Waals surface area (Å²) in [4.78, 5) is 0.772. The number of rotatable bonds is 2. The number of benzene rings is 1. The fourth-order valence-corrected chi connectivity index (χ4v) is 1.59. The van der Waals surface area contributed by atoms with Crippen LogP contribution in [0.3, 0.4) is 0 Å². The maximum absolute atomic E-state index is 11.5. The van der Waals surface area contributed by atoms with Crippen LogP contribution in [0.5, 0.6) is 0 Å². The molecule has 3 nitrogen and oxygen atoms in total. The molecule has 1 atom stereocenters. The van der Waals surface area contributed by atoms with E-state index >= 15 is 0 Å². The average molecular weight is 184 g/mol. The number of hydrogen-bond acceptors (Lipinski definition) is 3. The molecule has 4 heteroatoms. The molecule has 0 heterocycles. The van der Waals surface area contributed by atoms with Crippen LogP contribution in [0.1, 0.15) is 0 Å². The van der Waals surface area contributed by atoms with E-state index in [1.54, 1.807) is 42.7 Å². The van der Waals surface area contributed by atoms with Gasteiger partial charge in [-0.25, -0.2) is 0 Å². The van der Waals surface area contributed by atoms with Crippen molar-refractivity contribution in [2.45, 2.75) is 4.90 Å². The molecule has 0 saturated heterocycles. The van der Waals surface area contributed by atoms with Crippen molar-refractivity contribution >= 4 is 17.0 Å². The first-order chi connectivity index (χ1) is 5.61. The highest BCUT2D eigenvalue weighted by molar-refractivity contribution is 7.89. The second kappa shape index (κ2) is 3.80. The molecule has 1 unspecified atom stereocenters. The van der Waals surface area contributed by atoms with Crippen molar-refractivity contribution in [3.05, 3.63) is 24.3 Å². The first kappa shape index (κ1) is 9.38. The van der Waals surface area contributed by atoms with E-state index in [0.29, 0.717) is 5.69 Å². The van der Waals surface area contributed by atoms with Gasteiger partial charge in [-0.1, -0.05) is 0 Å². The van der Waals surface area contributed by atoms with E-state index in [2.05, 4.69) is 0 Å². The number of hydrogen-bond donors (Lipinski definition) is 1. The molecular formula is C8H12N2OS. The normalized spacial score (nSPS) is 13.3. The van der Waals surface area contributed by atoms with Gasteiger partial charge in [0.15, 0.2) is 4.90 Å². The van der Waals surface area contributed by atoms with Crippen LogP contribution in [0.2, 0.25) is 0 Å². The summed E-state index contributed by atoms with van der Waals surface area (Å²) in [7, 11) is 3.54. The van der Waals surface area contributed by atoms with Crippen LogP contribution in [-0.4, -0.2) is 23.0 Å². The van der Waals surface area contributed by atoms with E-state index < -0.39 is 11.4 Å². The van der Waals surface area contributed by atoms with Crippen molar-refractivity contribution in [1.29, 1.82) is 0 Å². The molecule has 0 bridgehead atoms. The van der Waals surface area contributed by atoms with Crippen molar-refractivity contribution in [2.24, 2.45) is 0 Å². The molecule has 1 aromatic rings. The molecule has 2 N–H and O–H groups in total. The van der Waals surface area contributed by atoms with Gasteiger partial charge in [-0.3, -0.25) is 0 Å². The van der Waals surface area contributed by atoms with E-state index in [1.165, 1.54) is 0 Å². The van der Waals surface area contributed by atoms with Gasteiger partial charge in [0.1, 0.15) is 0 Å². The monoisotopic (exact) mass is 184 g/mol.